The second-order valence-corrected chi connectivity index (χ2v) is 5.64. The van der Waals surface area contributed by atoms with Gasteiger partial charge >= 0.3 is 6.18 Å². The minimum absolute atomic E-state index is 0.244. The second kappa shape index (κ2) is 6.36. The molecule has 8 heteroatoms. The fraction of sp³-hybridized carbons (Fsp3) is 0.235. The number of ether oxygens (including phenoxy) is 1. The van der Waals surface area contributed by atoms with E-state index in [-0.39, 0.29) is 11.5 Å². The molecule has 0 saturated carbocycles. The molecule has 1 unspecified atom stereocenters. The summed E-state index contributed by atoms with van der Waals surface area (Å²) < 4.78 is 58.6. The lowest BCUT2D eigenvalue weighted by Gasteiger charge is -2.11. The fourth-order valence-electron chi connectivity index (χ4n) is 2.42. The molecule has 2 aromatic carbocycles. The van der Waals surface area contributed by atoms with Crippen molar-refractivity contribution in [3.05, 3.63) is 54.1 Å². The number of hydrogen-bond acceptors (Lipinski definition) is 3. The van der Waals surface area contributed by atoms with Crippen LogP contribution in [0, 0.1) is 5.82 Å². The molecular formula is C17H14F4N2O2. The molecule has 1 N–H and O–H groups in total. The van der Waals surface area contributed by atoms with Crippen LogP contribution in [-0.2, 0) is 12.7 Å². The predicted molar refractivity (Wildman–Crippen MR) is 82.9 cm³/mol. The van der Waals surface area contributed by atoms with Crippen LogP contribution in [0.5, 0.6) is 11.5 Å². The molecule has 3 aromatic rings. The number of hydrogen-bond donors (Lipinski definition) is 1. The summed E-state index contributed by atoms with van der Waals surface area (Å²) in [5.74, 6) is -1.17. The zero-order valence-electron chi connectivity index (χ0n) is 13.1. The number of aliphatic hydroxyl groups is 1. The molecule has 0 aliphatic rings. The maximum Gasteiger partial charge on any atom is 0.416 e. The first kappa shape index (κ1) is 17.2. The van der Waals surface area contributed by atoms with Crippen molar-refractivity contribution >= 4 is 11.0 Å². The molecule has 132 valence electrons. The summed E-state index contributed by atoms with van der Waals surface area (Å²) >= 11 is 0. The molecule has 0 aliphatic carbocycles. The highest BCUT2D eigenvalue weighted by Gasteiger charge is 2.31. The monoisotopic (exact) mass is 354 g/mol. The normalized spacial score (nSPS) is 13.2. The van der Waals surface area contributed by atoms with Gasteiger partial charge in [-0.25, -0.2) is 9.37 Å². The van der Waals surface area contributed by atoms with Gasteiger partial charge in [-0.1, -0.05) is 0 Å². The molecule has 3 rings (SSSR count). The Kier molecular flexibility index (Phi) is 4.38. The third kappa shape index (κ3) is 3.74. The minimum atomic E-state index is -4.62. The first-order valence-corrected chi connectivity index (χ1v) is 7.41. The molecule has 4 nitrogen and oxygen atoms in total. The molecule has 1 atom stereocenters. The van der Waals surface area contributed by atoms with Gasteiger partial charge in [-0.2, -0.15) is 13.2 Å². The summed E-state index contributed by atoms with van der Waals surface area (Å²) in [5.41, 5.74) is 0.233. The van der Waals surface area contributed by atoms with Crippen molar-refractivity contribution in [1.82, 2.24) is 9.55 Å². The molecule has 1 heterocycles. The molecule has 25 heavy (non-hydrogen) atoms. The highest BCUT2D eigenvalue weighted by atomic mass is 19.4. The smallest absolute Gasteiger partial charge is 0.416 e. The van der Waals surface area contributed by atoms with Crippen molar-refractivity contribution < 1.29 is 27.4 Å². The number of fused-ring (bicyclic) bond motifs is 1. The number of rotatable bonds is 4. The quantitative estimate of drug-likeness (QED) is 0.708. The van der Waals surface area contributed by atoms with E-state index >= 15 is 0 Å². The van der Waals surface area contributed by atoms with Gasteiger partial charge in [0.25, 0.3) is 0 Å². The second-order valence-electron chi connectivity index (χ2n) is 5.64. The van der Waals surface area contributed by atoms with Gasteiger partial charge in [0.1, 0.15) is 5.75 Å². The van der Waals surface area contributed by atoms with Gasteiger partial charge < -0.3 is 14.4 Å². The van der Waals surface area contributed by atoms with E-state index in [0.29, 0.717) is 18.1 Å². The van der Waals surface area contributed by atoms with E-state index in [1.54, 1.807) is 36.0 Å². The van der Waals surface area contributed by atoms with Crippen LogP contribution in [0.25, 0.3) is 11.0 Å². The van der Waals surface area contributed by atoms with Crippen LogP contribution in [0.1, 0.15) is 12.5 Å². The molecule has 0 saturated heterocycles. The number of nitrogens with zero attached hydrogens (tertiary/aromatic N) is 2. The third-order valence-corrected chi connectivity index (χ3v) is 3.54. The van der Waals surface area contributed by atoms with Crippen LogP contribution in [0.2, 0.25) is 0 Å². The van der Waals surface area contributed by atoms with Crippen LogP contribution in [0.4, 0.5) is 17.6 Å². The largest absolute Gasteiger partial charge is 0.454 e. The van der Waals surface area contributed by atoms with Gasteiger partial charge in [-0.15, -0.1) is 0 Å². The van der Waals surface area contributed by atoms with Crippen LogP contribution in [0.3, 0.4) is 0 Å². The van der Waals surface area contributed by atoms with Gasteiger partial charge in [-0.05, 0) is 37.3 Å². The minimum Gasteiger partial charge on any atom is -0.454 e. The molecule has 0 fully saturated rings. The molecule has 0 aliphatic heterocycles. The van der Waals surface area contributed by atoms with Crippen molar-refractivity contribution in [3.8, 4) is 11.5 Å². The highest BCUT2D eigenvalue weighted by molar-refractivity contribution is 5.77. The lowest BCUT2D eigenvalue weighted by molar-refractivity contribution is -0.137. The summed E-state index contributed by atoms with van der Waals surface area (Å²) in [5, 5.41) is 9.45. The number of alkyl halides is 3. The Hall–Kier alpha value is -2.61. The van der Waals surface area contributed by atoms with Crippen LogP contribution in [-0.4, -0.2) is 20.8 Å². The Balaban J connectivity index is 1.86. The summed E-state index contributed by atoms with van der Waals surface area (Å²) in [6.07, 6.45) is -3.61. The van der Waals surface area contributed by atoms with Crippen LogP contribution in [0.15, 0.2) is 42.7 Å². The van der Waals surface area contributed by atoms with E-state index < -0.39 is 23.7 Å². The first-order chi connectivity index (χ1) is 11.7. The van der Waals surface area contributed by atoms with Gasteiger partial charge in [0.15, 0.2) is 11.6 Å². The van der Waals surface area contributed by atoms with E-state index in [9.17, 15) is 22.7 Å². The standard InChI is InChI=1S/C17H14F4N2O2/c1-10(24)8-23-9-22-14-7-12(3-4-15(14)23)25-16-5-2-11(6-13(16)18)17(19,20)21/h2-7,9-10,24H,8H2,1H3. The molecule has 1 aromatic heterocycles. The lowest BCUT2D eigenvalue weighted by atomic mass is 10.2. The molecular weight excluding hydrogens is 340 g/mol. The maximum absolute atomic E-state index is 13.9. The Labute approximate surface area is 140 Å². The molecule has 0 bridgehead atoms. The van der Waals surface area contributed by atoms with Crippen LogP contribution < -0.4 is 4.74 Å². The van der Waals surface area contributed by atoms with Gasteiger partial charge in [0.2, 0.25) is 0 Å². The lowest BCUT2D eigenvalue weighted by Crippen LogP contribution is -2.10. The highest BCUT2D eigenvalue weighted by Crippen LogP contribution is 2.33. The molecule has 0 radical (unpaired) electrons. The number of imidazole rings is 1. The van der Waals surface area contributed by atoms with Crippen molar-refractivity contribution in [2.45, 2.75) is 25.7 Å². The number of aliphatic hydroxyl groups excluding tert-OH is 1. The first-order valence-electron chi connectivity index (χ1n) is 7.41. The maximum atomic E-state index is 13.9. The van der Waals surface area contributed by atoms with Gasteiger partial charge in [0, 0.05) is 12.6 Å². The van der Waals surface area contributed by atoms with Gasteiger partial charge in [0.05, 0.1) is 29.0 Å². The fourth-order valence-corrected chi connectivity index (χ4v) is 2.42. The Morgan fingerprint density at radius 3 is 2.60 bits per heavy atom. The van der Waals surface area contributed by atoms with Crippen molar-refractivity contribution in [3.63, 3.8) is 0 Å². The summed E-state index contributed by atoms with van der Waals surface area (Å²) in [7, 11) is 0. The number of halogens is 4. The Morgan fingerprint density at radius 2 is 1.96 bits per heavy atom. The number of aromatic nitrogens is 2. The van der Waals surface area contributed by atoms with E-state index in [1.165, 1.54) is 0 Å². The van der Waals surface area contributed by atoms with Crippen molar-refractivity contribution in [2.75, 3.05) is 0 Å². The van der Waals surface area contributed by atoms with E-state index in [1.807, 2.05) is 0 Å². The zero-order valence-corrected chi connectivity index (χ0v) is 13.1. The summed E-state index contributed by atoms with van der Waals surface area (Å²) in [4.78, 5) is 4.17. The predicted octanol–water partition coefficient (Wildman–Crippen LogP) is 4.37. The summed E-state index contributed by atoms with van der Waals surface area (Å²) in [6.45, 7) is 2.01. The number of benzene rings is 2. The Morgan fingerprint density at radius 1 is 1.20 bits per heavy atom. The van der Waals surface area contributed by atoms with Crippen molar-refractivity contribution in [1.29, 1.82) is 0 Å². The Bertz CT molecular complexity index is 903. The average molecular weight is 354 g/mol. The molecule has 0 amide bonds. The van der Waals surface area contributed by atoms with E-state index in [2.05, 4.69) is 4.98 Å². The topological polar surface area (TPSA) is 47.3 Å². The van der Waals surface area contributed by atoms with E-state index in [0.717, 1.165) is 17.6 Å². The van der Waals surface area contributed by atoms with Gasteiger partial charge in [-0.3, -0.25) is 0 Å². The SMILES string of the molecule is CC(O)Cn1cnc2cc(Oc3ccc(C(F)(F)F)cc3F)ccc21. The average Bonchev–Trinajstić information content (AvgIpc) is 2.90. The van der Waals surface area contributed by atoms with E-state index in [4.69, 9.17) is 4.74 Å². The third-order valence-electron chi connectivity index (χ3n) is 3.54. The zero-order chi connectivity index (χ0) is 18.2. The summed E-state index contributed by atoms with van der Waals surface area (Å²) in [6, 6.07) is 6.88. The van der Waals surface area contributed by atoms with Crippen molar-refractivity contribution in [2.24, 2.45) is 0 Å². The molecule has 0 spiro atoms. The van der Waals surface area contributed by atoms with Crippen LogP contribution >= 0.6 is 0 Å².